The molecule has 0 aliphatic rings. The molecule has 0 spiro atoms. The Morgan fingerprint density at radius 1 is 1.15 bits per heavy atom. The van der Waals surface area contributed by atoms with Crippen LogP contribution in [-0.4, -0.2) is 46.0 Å². The Hall–Kier alpha value is -3.41. The second kappa shape index (κ2) is 8.85. The van der Waals surface area contributed by atoms with E-state index in [4.69, 9.17) is 4.74 Å². The van der Waals surface area contributed by atoms with E-state index >= 15 is 4.39 Å². The highest BCUT2D eigenvalue weighted by Gasteiger charge is 2.30. The van der Waals surface area contributed by atoms with Gasteiger partial charge in [-0.25, -0.2) is 23.1 Å². The fourth-order valence-corrected chi connectivity index (χ4v) is 4.24. The monoisotopic (exact) mass is 482 g/mol. The van der Waals surface area contributed by atoms with Crippen molar-refractivity contribution in [3.8, 4) is 11.3 Å². The highest BCUT2D eigenvalue weighted by Crippen LogP contribution is 2.32. The van der Waals surface area contributed by atoms with E-state index in [1.165, 1.54) is 13.1 Å². The molecule has 0 atom stereocenters. The summed E-state index contributed by atoms with van der Waals surface area (Å²) in [7, 11) is -3.32. The first-order chi connectivity index (χ1) is 15.3. The summed E-state index contributed by atoms with van der Waals surface area (Å²) in [5.41, 5.74) is -2.17. The number of amides is 1. The first-order valence-electron chi connectivity index (χ1n) is 9.64. The SMILES string of the molecule is CN(Cc1cn(S(=O)(=O)c2cccc(F)n2)c(-c2cccnc2F)c1F)C(=O)OC(C)(C)C. The van der Waals surface area contributed by atoms with Crippen molar-refractivity contribution in [2.75, 3.05) is 7.05 Å². The number of pyridine rings is 2. The largest absolute Gasteiger partial charge is 0.444 e. The summed E-state index contributed by atoms with van der Waals surface area (Å²) in [6.07, 6.45) is 1.22. The summed E-state index contributed by atoms with van der Waals surface area (Å²) in [6.45, 7) is 4.56. The molecule has 0 radical (unpaired) electrons. The van der Waals surface area contributed by atoms with Crippen LogP contribution in [0.25, 0.3) is 11.3 Å². The number of rotatable bonds is 5. The van der Waals surface area contributed by atoms with E-state index in [2.05, 4.69) is 9.97 Å². The number of hydrogen-bond donors (Lipinski definition) is 0. The van der Waals surface area contributed by atoms with Gasteiger partial charge in [-0.3, -0.25) is 0 Å². The van der Waals surface area contributed by atoms with Gasteiger partial charge in [0.05, 0.1) is 12.1 Å². The topological polar surface area (TPSA) is 94.4 Å². The summed E-state index contributed by atoms with van der Waals surface area (Å²) < 4.78 is 75.6. The van der Waals surface area contributed by atoms with Crippen molar-refractivity contribution in [2.24, 2.45) is 0 Å². The molecule has 176 valence electrons. The van der Waals surface area contributed by atoms with Gasteiger partial charge < -0.3 is 9.64 Å². The molecule has 0 aliphatic heterocycles. The lowest BCUT2D eigenvalue weighted by Gasteiger charge is -2.24. The molecule has 33 heavy (non-hydrogen) atoms. The maximum atomic E-state index is 15.5. The normalized spacial score (nSPS) is 12.0. The average Bonchev–Trinajstić information content (AvgIpc) is 3.04. The van der Waals surface area contributed by atoms with Crippen molar-refractivity contribution in [3.63, 3.8) is 0 Å². The Morgan fingerprint density at radius 3 is 2.45 bits per heavy atom. The molecule has 0 aliphatic carbocycles. The minimum absolute atomic E-state index is 0.249. The highest BCUT2D eigenvalue weighted by molar-refractivity contribution is 7.90. The van der Waals surface area contributed by atoms with E-state index in [0.717, 1.165) is 41.6 Å². The number of nitrogens with zero attached hydrogens (tertiary/aromatic N) is 4. The number of hydrogen-bond acceptors (Lipinski definition) is 6. The fourth-order valence-electron chi connectivity index (χ4n) is 2.90. The third kappa shape index (κ3) is 5.16. The van der Waals surface area contributed by atoms with Crippen LogP contribution in [0.4, 0.5) is 18.0 Å². The Bertz CT molecular complexity index is 1300. The van der Waals surface area contributed by atoms with Crippen LogP contribution in [0.3, 0.4) is 0 Å². The van der Waals surface area contributed by atoms with Crippen molar-refractivity contribution in [2.45, 2.75) is 37.9 Å². The summed E-state index contributed by atoms with van der Waals surface area (Å²) >= 11 is 0. The molecule has 1 amide bonds. The van der Waals surface area contributed by atoms with Crippen LogP contribution in [0.1, 0.15) is 26.3 Å². The van der Waals surface area contributed by atoms with E-state index in [9.17, 15) is 22.0 Å². The van der Waals surface area contributed by atoms with Gasteiger partial charge in [0.2, 0.25) is 11.9 Å². The lowest BCUT2D eigenvalue weighted by molar-refractivity contribution is 0.0284. The van der Waals surface area contributed by atoms with Crippen LogP contribution < -0.4 is 0 Å². The van der Waals surface area contributed by atoms with Gasteiger partial charge in [0.1, 0.15) is 11.3 Å². The van der Waals surface area contributed by atoms with E-state index in [-0.39, 0.29) is 5.56 Å². The minimum atomic E-state index is -4.65. The first kappa shape index (κ1) is 24.2. The van der Waals surface area contributed by atoms with Gasteiger partial charge in [-0.15, -0.1) is 0 Å². The Labute approximate surface area is 188 Å². The van der Waals surface area contributed by atoms with Gasteiger partial charge in [0.25, 0.3) is 10.0 Å². The lowest BCUT2D eigenvalue weighted by atomic mass is 10.1. The number of ether oxygens (including phenoxy) is 1. The van der Waals surface area contributed by atoms with Crippen LogP contribution in [-0.2, 0) is 21.3 Å². The van der Waals surface area contributed by atoms with Crippen LogP contribution in [0.5, 0.6) is 0 Å². The fraction of sp³-hybridized carbons (Fsp3) is 0.286. The third-order valence-electron chi connectivity index (χ3n) is 4.32. The molecule has 0 unspecified atom stereocenters. The molecule has 3 aromatic rings. The van der Waals surface area contributed by atoms with Crippen molar-refractivity contribution >= 4 is 16.1 Å². The van der Waals surface area contributed by atoms with E-state index in [1.807, 2.05) is 0 Å². The minimum Gasteiger partial charge on any atom is -0.444 e. The van der Waals surface area contributed by atoms with E-state index < -0.39 is 62.3 Å². The molecule has 0 saturated heterocycles. The second-order valence-electron chi connectivity index (χ2n) is 8.09. The van der Waals surface area contributed by atoms with Gasteiger partial charge in [-0.2, -0.15) is 17.2 Å². The number of carbonyl (C=O) groups is 1. The quantitative estimate of drug-likeness (QED) is 0.511. The molecule has 3 rings (SSSR count). The standard InChI is InChI=1S/C21H21F3N4O4S/c1-21(2,3)32-20(29)27(4)11-13-12-28(33(30,31)16-9-5-8-15(22)26-16)18(17(13)23)14-7-6-10-25-19(14)24/h5-10,12H,11H2,1-4H3. The molecule has 0 aromatic carbocycles. The zero-order valence-corrected chi connectivity index (χ0v) is 19.0. The van der Waals surface area contributed by atoms with Gasteiger partial charge in [-0.05, 0) is 45.0 Å². The number of aromatic nitrogens is 3. The number of carbonyl (C=O) groups excluding carboxylic acids is 1. The van der Waals surface area contributed by atoms with Gasteiger partial charge in [0, 0.05) is 25.0 Å². The zero-order valence-electron chi connectivity index (χ0n) is 18.2. The Kier molecular flexibility index (Phi) is 6.50. The van der Waals surface area contributed by atoms with Crippen molar-refractivity contribution < 1.29 is 31.1 Å². The van der Waals surface area contributed by atoms with Gasteiger partial charge >= 0.3 is 6.09 Å². The van der Waals surface area contributed by atoms with Crippen molar-refractivity contribution in [1.82, 2.24) is 18.8 Å². The predicted octanol–water partition coefficient (Wildman–Crippen LogP) is 3.97. The summed E-state index contributed by atoms with van der Waals surface area (Å²) in [4.78, 5) is 20.1. The third-order valence-corrected chi connectivity index (χ3v) is 5.88. The van der Waals surface area contributed by atoms with Crippen molar-refractivity contribution in [1.29, 1.82) is 0 Å². The molecule has 0 N–H and O–H groups in total. The van der Waals surface area contributed by atoms with Crippen LogP contribution >= 0.6 is 0 Å². The maximum absolute atomic E-state index is 15.5. The van der Waals surface area contributed by atoms with E-state index in [0.29, 0.717) is 3.97 Å². The average molecular weight is 482 g/mol. The zero-order chi connectivity index (χ0) is 24.6. The predicted molar refractivity (Wildman–Crippen MR) is 112 cm³/mol. The smallest absolute Gasteiger partial charge is 0.410 e. The number of halogens is 3. The van der Waals surface area contributed by atoms with E-state index in [1.54, 1.807) is 20.8 Å². The first-order valence-corrected chi connectivity index (χ1v) is 11.1. The molecule has 0 saturated carbocycles. The summed E-state index contributed by atoms with van der Waals surface area (Å²) in [5, 5.41) is -0.713. The van der Waals surface area contributed by atoms with Gasteiger partial charge in [-0.1, -0.05) is 6.07 Å². The molecule has 12 heteroatoms. The molecule has 0 bridgehead atoms. The van der Waals surface area contributed by atoms with Crippen LogP contribution in [0.2, 0.25) is 0 Å². The molecule has 3 heterocycles. The Balaban J connectivity index is 2.15. The summed E-state index contributed by atoms with van der Waals surface area (Å²) in [6, 6.07) is 5.53. The molecule has 3 aromatic heterocycles. The Morgan fingerprint density at radius 2 is 1.85 bits per heavy atom. The van der Waals surface area contributed by atoms with Crippen LogP contribution in [0.15, 0.2) is 47.8 Å². The van der Waals surface area contributed by atoms with Crippen molar-refractivity contribution in [3.05, 3.63) is 66.0 Å². The van der Waals surface area contributed by atoms with Gasteiger partial charge in [0.15, 0.2) is 10.8 Å². The maximum Gasteiger partial charge on any atom is 0.410 e. The van der Waals surface area contributed by atoms with Crippen LogP contribution in [0, 0.1) is 17.7 Å². The molecular weight excluding hydrogens is 461 g/mol. The summed E-state index contributed by atoms with van der Waals surface area (Å²) in [5.74, 6) is -3.29. The molecule has 0 fully saturated rings. The molecule has 8 nitrogen and oxygen atoms in total. The second-order valence-corrected chi connectivity index (χ2v) is 9.86. The highest BCUT2D eigenvalue weighted by atomic mass is 32.2. The molecular formula is C21H21F3N4O4S. The lowest BCUT2D eigenvalue weighted by Crippen LogP contribution is -2.33.